The topological polar surface area (TPSA) is 97.7 Å². The fourth-order valence-corrected chi connectivity index (χ4v) is 5.79. The van der Waals surface area contributed by atoms with Crippen LogP contribution >= 0.6 is 0 Å². The van der Waals surface area contributed by atoms with Gasteiger partial charge in [0.05, 0.1) is 0 Å². The maximum absolute atomic E-state index is 12.0. The summed E-state index contributed by atoms with van der Waals surface area (Å²) >= 11 is 0. The quantitative estimate of drug-likeness (QED) is 0.213. The van der Waals surface area contributed by atoms with Gasteiger partial charge in [0.1, 0.15) is 18.1 Å². The summed E-state index contributed by atoms with van der Waals surface area (Å²) in [5.41, 5.74) is 9.81. The standard InChI is InChI=1S/C20H20O3.C11H14O.C10H10O2/c1-13-6-7-16(14(2)21)10-17(13)12-23-18-9-8-15-4-3-5-20(22)19(15)11-18;1-4-10-7-11(9(3)12)6-5-8(10)2;11-8-5-4-7-2-1-3-10(12)9(7)6-8/h6-11H,3-5,12H2,1-2H3;5-7H,4H2,1-3H3;4-6,11H,1-3H2. The van der Waals surface area contributed by atoms with Crippen LogP contribution in [0.4, 0.5) is 0 Å². The molecule has 6 rings (SSSR count). The van der Waals surface area contributed by atoms with Gasteiger partial charge < -0.3 is 9.84 Å². The van der Waals surface area contributed by atoms with Crippen molar-refractivity contribution in [3.8, 4) is 11.5 Å². The van der Waals surface area contributed by atoms with Gasteiger partial charge in [-0.1, -0.05) is 43.3 Å². The number of carbonyl (C=O) groups excluding carboxylic acids is 4. The van der Waals surface area contributed by atoms with E-state index in [2.05, 4.69) is 13.8 Å². The van der Waals surface area contributed by atoms with E-state index in [1.165, 1.54) is 11.1 Å². The van der Waals surface area contributed by atoms with Gasteiger partial charge in [0.2, 0.25) is 0 Å². The fraction of sp³-hybridized carbons (Fsp3) is 0.317. The molecule has 244 valence electrons. The number of aryl methyl sites for hydroxylation is 5. The van der Waals surface area contributed by atoms with Crippen LogP contribution in [-0.2, 0) is 25.9 Å². The van der Waals surface area contributed by atoms with E-state index in [1.54, 1.807) is 26.0 Å². The third-order valence-electron chi connectivity index (χ3n) is 8.76. The Bertz CT molecular complexity index is 1800. The van der Waals surface area contributed by atoms with Crippen molar-refractivity contribution < 1.29 is 29.0 Å². The Morgan fingerprint density at radius 1 is 0.660 bits per heavy atom. The van der Waals surface area contributed by atoms with Gasteiger partial charge in [0.15, 0.2) is 23.1 Å². The molecule has 0 saturated carbocycles. The second-order valence-electron chi connectivity index (χ2n) is 12.3. The molecule has 47 heavy (non-hydrogen) atoms. The van der Waals surface area contributed by atoms with E-state index in [4.69, 9.17) is 9.84 Å². The van der Waals surface area contributed by atoms with Crippen molar-refractivity contribution in [1.29, 1.82) is 0 Å². The van der Waals surface area contributed by atoms with Crippen molar-refractivity contribution in [2.24, 2.45) is 0 Å². The van der Waals surface area contributed by atoms with Gasteiger partial charge in [0, 0.05) is 35.1 Å². The number of phenolic OH excluding ortho intramolecular Hbond substituents is 1. The molecule has 0 atom stereocenters. The number of carbonyl (C=O) groups is 4. The molecule has 0 amide bonds. The zero-order chi connectivity index (χ0) is 34.1. The predicted molar refractivity (Wildman–Crippen MR) is 185 cm³/mol. The fourth-order valence-electron chi connectivity index (χ4n) is 5.79. The molecule has 0 saturated heterocycles. The van der Waals surface area contributed by atoms with Gasteiger partial charge in [-0.25, -0.2) is 0 Å². The highest BCUT2D eigenvalue weighted by Gasteiger charge is 2.18. The number of benzene rings is 4. The minimum absolute atomic E-state index is 0.0469. The maximum Gasteiger partial charge on any atom is 0.163 e. The first-order valence-electron chi connectivity index (χ1n) is 16.3. The van der Waals surface area contributed by atoms with Crippen LogP contribution in [0.2, 0.25) is 0 Å². The summed E-state index contributed by atoms with van der Waals surface area (Å²) < 4.78 is 5.86. The van der Waals surface area contributed by atoms with Crippen LogP contribution in [-0.4, -0.2) is 28.2 Å². The normalized spacial score (nSPS) is 13.2. The molecule has 0 radical (unpaired) electrons. The molecule has 4 aromatic rings. The summed E-state index contributed by atoms with van der Waals surface area (Å²) in [4.78, 5) is 45.8. The van der Waals surface area contributed by atoms with Crippen molar-refractivity contribution in [3.63, 3.8) is 0 Å². The van der Waals surface area contributed by atoms with E-state index in [-0.39, 0.29) is 28.9 Å². The summed E-state index contributed by atoms with van der Waals surface area (Å²) in [7, 11) is 0. The Kier molecular flexibility index (Phi) is 12.0. The largest absolute Gasteiger partial charge is 0.508 e. The van der Waals surface area contributed by atoms with E-state index >= 15 is 0 Å². The molecule has 2 aliphatic rings. The molecule has 6 nitrogen and oxygen atoms in total. The van der Waals surface area contributed by atoms with E-state index in [0.717, 1.165) is 65.5 Å². The molecule has 0 aliphatic heterocycles. The SMILES string of the molecule is CC(=O)c1ccc(C)c(COc2ccc3c(c2)C(=O)CCC3)c1.CCc1cc(C(C)=O)ccc1C.O=C1CCCc2ccc(O)cc21. The molecule has 4 aromatic carbocycles. The second-order valence-corrected chi connectivity index (χ2v) is 12.3. The first-order valence-corrected chi connectivity index (χ1v) is 16.3. The number of ether oxygens (including phenoxy) is 1. The Morgan fingerprint density at radius 2 is 1.17 bits per heavy atom. The lowest BCUT2D eigenvalue weighted by Crippen LogP contribution is -2.11. The molecule has 0 unspecified atom stereocenters. The number of Topliss-reactive ketones (excluding diaryl/α,β-unsaturated/α-hetero) is 4. The van der Waals surface area contributed by atoms with Crippen LogP contribution in [0.3, 0.4) is 0 Å². The van der Waals surface area contributed by atoms with Gasteiger partial charge in [0.25, 0.3) is 0 Å². The van der Waals surface area contributed by atoms with Crippen LogP contribution in [0.25, 0.3) is 0 Å². The summed E-state index contributed by atoms with van der Waals surface area (Å²) in [6.45, 7) is 9.72. The summed E-state index contributed by atoms with van der Waals surface area (Å²) in [6.07, 6.45) is 6.03. The number of rotatable bonds is 6. The Balaban J connectivity index is 0.000000176. The number of ketones is 4. The van der Waals surface area contributed by atoms with Gasteiger partial charge in [-0.3, -0.25) is 19.2 Å². The molecule has 1 N–H and O–H groups in total. The predicted octanol–water partition coefficient (Wildman–Crippen LogP) is 8.97. The number of fused-ring (bicyclic) bond motifs is 2. The molecule has 0 fully saturated rings. The lowest BCUT2D eigenvalue weighted by atomic mass is 9.90. The molecular weight excluding hydrogens is 588 g/mol. The number of phenols is 1. The lowest BCUT2D eigenvalue weighted by Gasteiger charge is -2.16. The van der Waals surface area contributed by atoms with Crippen molar-refractivity contribution in [2.75, 3.05) is 0 Å². The molecule has 0 spiro atoms. The number of hydrogen-bond acceptors (Lipinski definition) is 6. The molecule has 0 bridgehead atoms. The molecular formula is C41H44O6. The Hall–Kier alpha value is -4.84. The molecule has 2 aliphatic carbocycles. The number of aromatic hydroxyl groups is 1. The highest BCUT2D eigenvalue weighted by molar-refractivity contribution is 5.99. The average molecular weight is 633 g/mol. The third-order valence-corrected chi connectivity index (χ3v) is 8.76. The molecule has 6 heteroatoms. The lowest BCUT2D eigenvalue weighted by molar-refractivity contribution is 0.0964. The average Bonchev–Trinajstić information content (AvgIpc) is 3.05. The van der Waals surface area contributed by atoms with Gasteiger partial charge >= 0.3 is 0 Å². The van der Waals surface area contributed by atoms with Gasteiger partial charge in [-0.15, -0.1) is 0 Å². The van der Waals surface area contributed by atoms with Crippen LogP contribution in [0.15, 0.2) is 72.8 Å². The smallest absolute Gasteiger partial charge is 0.163 e. The monoisotopic (exact) mass is 632 g/mol. The molecule has 0 aromatic heterocycles. The highest BCUT2D eigenvalue weighted by Crippen LogP contribution is 2.27. The van der Waals surface area contributed by atoms with Crippen molar-refractivity contribution >= 4 is 23.1 Å². The van der Waals surface area contributed by atoms with Gasteiger partial charge in [-0.2, -0.15) is 0 Å². The van der Waals surface area contributed by atoms with E-state index in [0.29, 0.717) is 36.3 Å². The van der Waals surface area contributed by atoms with Crippen molar-refractivity contribution in [3.05, 3.63) is 128 Å². The number of hydrogen-bond donors (Lipinski definition) is 1. The first-order chi connectivity index (χ1) is 22.5. The van der Waals surface area contributed by atoms with E-state index < -0.39 is 0 Å². The van der Waals surface area contributed by atoms with Crippen LogP contribution in [0, 0.1) is 13.8 Å². The minimum Gasteiger partial charge on any atom is -0.508 e. The van der Waals surface area contributed by atoms with E-state index in [1.807, 2.05) is 67.6 Å². The minimum atomic E-state index is 0.0469. The van der Waals surface area contributed by atoms with Crippen LogP contribution < -0.4 is 4.74 Å². The van der Waals surface area contributed by atoms with Crippen molar-refractivity contribution in [1.82, 2.24) is 0 Å². The second kappa shape index (κ2) is 16.1. The summed E-state index contributed by atoms with van der Waals surface area (Å²) in [5.74, 6) is 1.43. The first kappa shape index (κ1) is 35.0. The van der Waals surface area contributed by atoms with Crippen molar-refractivity contribution in [2.45, 2.75) is 86.2 Å². The zero-order valence-corrected chi connectivity index (χ0v) is 28.1. The highest BCUT2D eigenvalue weighted by atomic mass is 16.5. The van der Waals surface area contributed by atoms with Gasteiger partial charge in [-0.05, 0) is 130 Å². The molecule has 0 heterocycles. The maximum atomic E-state index is 12.0. The van der Waals surface area contributed by atoms with Crippen LogP contribution in [0.1, 0.15) is 121 Å². The Labute approximate surface area is 277 Å². The zero-order valence-electron chi connectivity index (χ0n) is 28.1. The summed E-state index contributed by atoms with van der Waals surface area (Å²) in [6, 6.07) is 22.3. The van der Waals surface area contributed by atoms with Crippen LogP contribution in [0.5, 0.6) is 11.5 Å². The third kappa shape index (κ3) is 9.35. The summed E-state index contributed by atoms with van der Waals surface area (Å²) in [5, 5.41) is 9.15. The Morgan fingerprint density at radius 3 is 1.72 bits per heavy atom. The van der Waals surface area contributed by atoms with E-state index in [9.17, 15) is 19.2 Å².